The van der Waals surface area contributed by atoms with Crippen molar-refractivity contribution in [3.05, 3.63) is 34.4 Å². The largest absolute Gasteiger partial charge is 0.506 e. The third-order valence-corrected chi connectivity index (χ3v) is 2.37. The van der Waals surface area contributed by atoms with Crippen molar-refractivity contribution in [2.45, 2.75) is 19.9 Å². The SMILES string of the molecule is CC(C)NC(=O)C(C#N)=Cc1ccc(O)c(Cl)c1. The predicted molar refractivity (Wildman–Crippen MR) is 70.0 cm³/mol. The molecule has 0 unspecified atom stereocenters. The van der Waals surface area contributed by atoms with Crippen LogP contribution in [0, 0.1) is 11.3 Å². The van der Waals surface area contributed by atoms with Gasteiger partial charge in [0.2, 0.25) is 0 Å². The van der Waals surface area contributed by atoms with E-state index in [4.69, 9.17) is 16.9 Å². The number of aromatic hydroxyl groups is 1. The molecule has 0 spiro atoms. The number of hydrogen-bond acceptors (Lipinski definition) is 3. The summed E-state index contributed by atoms with van der Waals surface area (Å²) in [6, 6.07) is 6.25. The van der Waals surface area contributed by atoms with Crippen molar-refractivity contribution >= 4 is 23.6 Å². The number of nitriles is 1. The number of carbonyl (C=O) groups is 1. The maximum Gasteiger partial charge on any atom is 0.262 e. The van der Waals surface area contributed by atoms with Crippen LogP contribution in [-0.4, -0.2) is 17.1 Å². The molecule has 0 radical (unpaired) electrons. The molecule has 18 heavy (non-hydrogen) atoms. The first-order valence-corrected chi connectivity index (χ1v) is 5.73. The number of rotatable bonds is 3. The molecule has 5 heteroatoms. The van der Waals surface area contributed by atoms with Gasteiger partial charge in [0.15, 0.2) is 0 Å². The molecule has 0 saturated carbocycles. The molecular weight excluding hydrogens is 252 g/mol. The van der Waals surface area contributed by atoms with E-state index in [9.17, 15) is 9.90 Å². The van der Waals surface area contributed by atoms with Gasteiger partial charge >= 0.3 is 0 Å². The number of carbonyl (C=O) groups excluding carboxylic acids is 1. The molecule has 0 saturated heterocycles. The molecule has 0 atom stereocenters. The van der Waals surface area contributed by atoms with Crippen LogP contribution < -0.4 is 5.32 Å². The third kappa shape index (κ3) is 3.79. The minimum atomic E-state index is -0.434. The molecule has 1 aromatic rings. The zero-order chi connectivity index (χ0) is 13.7. The molecular formula is C13H13ClN2O2. The molecule has 2 N–H and O–H groups in total. The lowest BCUT2D eigenvalue weighted by Crippen LogP contribution is -2.30. The smallest absolute Gasteiger partial charge is 0.262 e. The van der Waals surface area contributed by atoms with E-state index < -0.39 is 5.91 Å². The molecule has 0 heterocycles. The first kappa shape index (κ1) is 14.1. The van der Waals surface area contributed by atoms with Crippen LogP contribution >= 0.6 is 11.6 Å². The number of phenols is 1. The topological polar surface area (TPSA) is 73.1 Å². The van der Waals surface area contributed by atoms with E-state index in [1.165, 1.54) is 18.2 Å². The van der Waals surface area contributed by atoms with Crippen LogP contribution in [-0.2, 0) is 4.79 Å². The lowest BCUT2D eigenvalue weighted by Gasteiger charge is -2.07. The Hall–Kier alpha value is -1.99. The van der Waals surface area contributed by atoms with Gasteiger partial charge < -0.3 is 10.4 Å². The predicted octanol–water partition coefficient (Wildman–Crippen LogP) is 2.48. The summed E-state index contributed by atoms with van der Waals surface area (Å²) in [6.45, 7) is 3.62. The second-order valence-electron chi connectivity index (χ2n) is 4.01. The highest BCUT2D eigenvalue weighted by atomic mass is 35.5. The highest BCUT2D eigenvalue weighted by molar-refractivity contribution is 6.32. The lowest BCUT2D eigenvalue weighted by molar-refractivity contribution is -0.117. The number of halogens is 1. The van der Waals surface area contributed by atoms with Crippen LogP contribution in [0.15, 0.2) is 23.8 Å². The third-order valence-electron chi connectivity index (χ3n) is 2.07. The quantitative estimate of drug-likeness (QED) is 0.651. The molecule has 0 aliphatic heterocycles. The van der Waals surface area contributed by atoms with Gasteiger partial charge in [-0.05, 0) is 37.6 Å². The number of nitrogens with one attached hydrogen (secondary N) is 1. The Bertz CT molecular complexity index is 530. The minimum Gasteiger partial charge on any atom is -0.506 e. The maximum atomic E-state index is 11.7. The molecule has 94 valence electrons. The Kier molecular flexibility index (Phi) is 4.75. The van der Waals surface area contributed by atoms with Gasteiger partial charge in [-0.15, -0.1) is 0 Å². The number of benzene rings is 1. The zero-order valence-corrected chi connectivity index (χ0v) is 10.8. The van der Waals surface area contributed by atoms with E-state index in [0.717, 1.165) is 0 Å². The number of nitrogens with zero attached hydrogens (tertiary/aromatic N) is 1. The number of hydrogen-bond donors (Lipinski definition) is 2. The first-order valence-electron chi connectivity index (χ1n) is 5.35. The summed E-state index contributed by atoms with van der Waals surface area (Å²) in [5.74, 6) is -0.476. The van der Waals surface area contributed by atoms with Gasteiger partial charge in [0.25, 0.3) is 5.91 Å². The fourth-order valence-electron chi connectivity index (χ4n) is 1.27. The fourth-order valence-corrected chi connectivity index (χ4v) is 1.46. The molecule has 0 aliphatic carbocycles. The van der Waals surface area contributed by atoms with Crippen LogP contribution in [0.4, 0.5) is 0 Å². The van der Waals surface area contributed by atoms with Crippen LogP contribution in [0.1, 0.15) is 19.4 Å². The molecule has 0 aromatic heterocycles. The summed E-state index contributed by atoms with van der Waals surface area (Å²) in [6.07, 6.45) is 1.42. The van der Waals surface area contributed by atoms with Crippen molar-refractivity contribution < 1.29 is 9.90 Å². The average molecular weight is 265 g/mol. The first-order chi connectivity index (χ1) is 8.43. The summed E-state index contributed by atoms with van der Waals surface area (Å²) in [7, 11) is 0. The van der Waals surface area contributed by atoms with Crippen LogP contribution in [0.3, 0.4) is 0 Å². The molecule has 4 nitrogen and oxygen atoms in total. The van der Waals surface area contributed by atoms with Gasteiger partial charge in [-0.2, -0.15) is 5.26 Å². The van der Waals surface area contributed by atoms with Crippen molar-refractivity contribution in [2.75, 3.05) is 0 Å². The monoisotopic (exact) mass is 264 g/mol. The number of phenolic OH excluding ortho intramolecular Hbond substituents is 1. The summed E-state index contributed by atoms with van der Waals surface area (Å²) in [4.78, 5) is 11.7. The van der Waals surface area contributed by atoms with Gasteiger partial charge in [-0.3, -0.25) is 4.79 Å². The van der Waals surface area contributed by atoms with Crippen molar-refractivity contribution in [2.24, 2.45) is 0 Å². The summed E-state index contributed by atoms with van der Waals surface area (Å²) < 4.78 is 0. The fraction of sp³-hybridized carbons (Fsp3) is 0.231. The summed E-state index contributed by atoms with van der Waals surface area (Å²) in [5.41, 5.74) is 0.568. The maximum absolute atomic E-state index is 11.7. The molecule has 0 bridgehead atoms. The summed E-state index contributed by atoms with van der Waals surface area (Å²) in [5, 5.41) is 21.0. The van der Waals surface area contributed by atoms with E-state index >= 15 is 0 Å². The van der Waals surface area contributed by atoms with Gasteiger partial charge in [0.05, 0.1) is 5.02 Å². The van der Waals surface area contributed by atoms with Crippen LogP contribution in [0.2, 0.25) is 5.02 Å². The zero-order valence-electron chi connectivity index (χ0n) is 10.1. The summed E-state index contributed by atoms with van der Waals surface area (Å²) >= 11 is 5.74. The van der Waals surface area contributed by atoms with E-state index in [1.54, 1.807) is 6.07 Å². The Morgan fingerprint density at radius 2 is 2.22 bits per heavy atom. The van der Waals surface area contributed by atoms with Gasteiger partial charge in [0, 0.05) is 6.04 Å². The van der Waals surface area contributed by atoms with Crippen molar-refractivity contribution in [3.8, 4) is 11.8 Å². The lowest BCUT2D eigenvalue weighted by atomic mass is 10.1. The van der Waals surface area contributed by atoms with Crippen LogP contribution in [0.25, 0.3) is 6.08 Å². The van der Waals surface area contributed by atoms with Gasteiger partial charge in [0.1, 0.15) is 17.4 Å². The molecule has 0 aliphatic rings. The Labute approximate surface area is 110 Å². The Morgan fingerprint density at radius 1 is 1.56 bits per heavy atom. The molecule has 1 rings (SSSR count). The van der Waals surface area contributed by atoms with E-state index in [0.29, 0.717) is 5.56 Å². The highest BCUT2D eigenvalue weighted by Crippen LogP contribution is 2.24. The van der Waals surface area contributed by atoms with E-state index in [1.807, 2.05) is 19.9 Å². The second kappa shape index (κ2) is 6.08. The van der Waals surface area contributed by atoms with E-state index in [-0.39, 0.29) is 22.4 Å². The number of amides is 1. The highest BCUT2D eigenvalue weighted by Gasteiger charge is 2.10. The standard InChI is InChI=1S/C13H13ClN2O2/c1-8(2)16-13(18)10(7-15)5-9-3-4-12(17)11(14)6-9/h3-6,8,17H,1-2H3,(H,16,18). The normalized spacial score (nSPS) is 11.2. The van der Waals surface area contributed by atoms with Crippen LogP contribution in [0.5, 0.6) is 5.75 Å². The van der Waals surface area contributed by atoms with Gasteiger partial charge in [-0.25, -0.2) is 0 Å². The molecule has 1 amide bonds. The molecule has 1 aromatic carbocycles. The Balaban J connectivity index is 3.01. The average Bonchev–Trinajstić information content (AvgIpc) is 2.29. The minimum absolute atomic E-state index is 0.00884. The van der Waals surface area contributed by atoms with Gasteiger partial charge in [-0.1, -0.05) is 17.7 Å². The van der Waals surface area contributed by atoms with Crippen molar-refractivity contribution in [3.63, 3.8) is 0 Å². The second-order valence-corrected chi connectivity index (χ2v) is 4.42. The molecule has 0 fully saturated rings. The van der Waals surface area contributed by atoms with Crippen molar-refractivity contribution in [1.82, 2.24) is 5.32 Å². The Morgan fingerprint density at radius 3 is 2.72 bits per heavy atom. The van der Waals surface area contributed by atoms with E-state index in [2.05, 4.69) is 5.32 Å². The van der Waals surface area contributed by atoms with Crippen molar-refractivity contribution in [1.29, 1.82) is 5.26 Å².